The van der Waals surface area contributed by atoms with Crippen LogP contribution < -0.4 is 5.56 Å². The van der Waals surface area contributed by atoms with E-state index in [4.69, 9.17) is 0 Å². The molecule has 1 amide bonds. The number of hydrogen-bond acceptors (Lipinski definition) is 4. The third kappa shape index (κ3) is 3.99. The third-order valence-corrected chi connectivity index (χ3v) is 7.03. The largest absolute Gasteiger partial charge is 0.340 e. The Balaban J connectivity index is 1.43. The zero-order chi connectivity index (χ0) is 21.4. The number of aromatic nitrogens is 3. The van der Waals surface area contributed by atoms with E-state index >= 15 is 0 Å². The number of nitrogens with one attached hydrogen (secondary N) is 1. The Kier molecular flexibility index (Phi) is 5.52. The number of aromatic amines is 1. The Morgan fingerprint density at radius 3 is 2.65 bits per heavy atom. The minimum absolute atomic E-state index is 0.0972. The van der Waals surface area contributed by atoms with E-state index in [1.165, 1.54) is 19.3 Å². The highest BCUT2D eigenvalue weighted by Gasteiger charge is 2.22. The van der Waals surface area contributed by atoms with Crippen molar-refractivity contribution in [3.63, 3.8) is 0 Å². The molecule has 2 fully saturated rings. The highest BCUT2D eigenvalue weighted by molar-refractivity contribution is 5.80. The second-order valence-corrected chi connectivity index (χ2v) is 9.16. The van der Waals surface area contributed by atoms with Crippen molar-refractivity contribution in [2.45, 2.75) is 50.9 Å². The molecule has 1 aliphatic carbocycles. The molecule has 0 atom stereocenters. The molecule has 3 heterocycles. The molecule has 164 valence electrons. The number of hydrogen-bond donors (Lipinski definition) is 1. The van der Waals surface area contributed by atoms with E-state index in [1.807, 2.05) is 17.0 Å². The Morgan fingerprint density at radius 1 is 1.10 bits per heavy atom. The smallest absolute Gasteiger partial charge is 0.274 e. The van der Waals surface area contributed by atoms with Crippen molar-refractivity contribution in [2.24, 2.45) is 0 Å². The van der Waals surface area contributed by atoms with E-state index in [-0.39, 0.29) is 11.5 Å². The number of amides is 1. The topological polar surface area (TPSA) is 73.7 Å². The number of nitrogens with zero attached hydrogens (tertiary/aromatic N) is 4. The number of H-pyrrole nitrogens is 1. The molecule has 0 spiro atoms. The van der Waals surface area contributed by atoms with Gasteiger partial charge in [-0.05, 0) is 44.0 Å². The molecule has 5 rings (SSSR count). The number of benzene rings is 1. The summed E-state index contributed by atoms with van der Waals surface area (Å²) in [6, 6.07) is 6.12. The summed E-state index contributed by atoms with van der Waals surface area (Å²) in [5.74, 6) is 1.64. The molecular formula is C24H31N5O2. The van der Waals surface area contributed by atoms with E-state index in [9.17, 15) is 9.59 Å². The van der Waals surface area contributed by atoms with Crippen LogP contribution in [-0.2, 0) is 11.2 Å². The Hall–Kier alpha value is -2.67. The Bertz CT molecular complexity index is 1150. The second kappa shape index (κ2) is 8.46. The summed E-state index contributed by atoms with van der Waals surface area (Å²) in [7, 11) is 2.10. The standard InChI is InChI=1S/C24H31N5O2/c1-27-11-13-28(14-12-27)22(30)10-8-17-7-9-19-20(15-17)29-21(24(31)26-19)16-25-23(29)18-5-3-2-4-6-18/h7,9,15-16,18H,2-6,8,10-14H2,1H3,(H,26,31). The minimum atomic E-state index is -0.0972. The van der Waals surface area contributed by atoms with Gasteiger partial charge in [-0.25, -0.2) is 4.98 Å². The number of carbonyl (C=O) groups is 1. The molecule has 1 N–H and O–H groups in total. The first-order valence-corrected chi connectivity index (χ1v) is 11.6. The Morgan fingerprint density at radius 2 is 1.87 bits per heavy atom. The van der Waals surface area contributed by atoms with Crippen molar-refractivity contribution >= 4 is 22.5 Å². The number of carbonyl (C=O) groups excluding carboxylic acids is 1. The lowest BCUT2D eigenvalue weighted by molar-refractivity contribution is -0.132. The highest BCUT2D eigenvalue weighted by Crippen LogP contribution is 2.33. The number of piperazine rings is 1. The van der Waals surface area contributed by atoms with Crippen LogP contribution in [0.15, 0.2) is 29.2 Å². The van der Waals surface area contributed by atoms with Crippen LogP contribution in [0.2, 0.25) is 0 Å². The van der Waals surface area contributed by atoms with Crippen LogP contribution in [0.1, 0.15) is 55.8 Å². The van der Waals surface area contributed by atoms with Gasteiger partial charge >= 0.3 is 0 Å². The third-order valence-electron chi connectivity index (χ3n) is 7.03. The average Bonchev–Trinajstić information content (AvgIpc) is 3.25. The summed E-state index contributed by atoms with van der Waals surface area (Å²) in [4.78, 5) is 37.2. The van der Waals surface area contributed by atoms with Gasteiger partial charge in [0.05, 0.1) is 17.2 Å². The SMILES string of the molecule is CN1CCN(C(=O)CCc2ccc3[nH]c(=O)c4cnc(C5CCCCC5)n4c3c2)CC1. The van der Waals surface area contributed by atoms with Gasteiger partial charge in [-0.1, -0.05) is 25.3 Å². The lowest BCUT2D eigenvalue weighted by atomic mass is 9.88. The van der Waals surface area contributed by atoms with Gasteiger partial charge in [0.25, 0.3) is 5.56 Å². The van der Waals surface area contributed by atoms with Crippen molar-refractivity contribution in [1.82, 2.24) is 24.2 Å². The van der Waals surface area contributed by atoms with Crippen molar-refractivity contribution in [3.8, 4) is 0 Å². The predicted octanol–water partition coefficient (Wildman–Crippen LogP) is 2.93. The van der Waals surface area contributed by atoms with Crippen LogP contribution in [0.25, 0.3) is 16.6 Å². The van der Waals surface area contributed by atoms with E-state index in [0.29, 0.717) is 24.3 Å². The van der Waals surface area contributed by atoms with Crippen molar-refractivity contribution in [3.05, 3.63) is 46.1 Å². The normalized spacial score (nSPS) is 18.8. The molecule has 7 nitrogen and oxygen atoms in total. The number of imidazole rings is 1. The predicted molar refractivity (Wildman–Crippen MR) is 122 cm³/mol. The zero-order valence-electron chi connectivity index (χ0n) is 18.3. The average molecular weight is 422 g/mol. The van der Waals surface area contributed by atoms with Gasteiger partial charge in [0, 0.05) is 38.5 Å². The number of likely N-dealkylation sites (N-methyl/N-ethyl adjacent to an activating group) is 1. The summed E-state index contributed by atoms with van der Waals surface area (Å²) >= 11 is 0. The molecule has 1 aliphatic heterocycles. The molecule has 0 unspecified atom stereocenters. The van der Waals surface area contributed by atoms with E-state index < -0.39 is 0 Å². The van der Waals surface area contributed by atoms with Gasteiger partial charge in [0.1, 0.15) is 11.3 Å². The van der Waals surface area contributed by atoms with Crippen LogP contribution in [0.3, 0.4) is 0 Å². The van der Waals surface area contributed by atoms with Crippen molar-refractivity contribution in [2.75, 3.05) is 33.2 Å². The van der Waals surface area contributed by atoms with E-state index in [0.717, 1.165) is 61.4 Å². The van der Waals surface area contributed by atoms with Gasteiger partial charge in [-0.3, -0.25) is 14.0 Å². The van der Waals surface area contributed by atoms with Gasteiger partial charge in [0.15, 0.2) is 0 Å². The Labute approximate surface area is 182 Å². The maximum atomic E-state index is 12.7. The maximum absolute atomic E-state index is 12.7. The molecule has 2 aromatic heterocycles. The van der Waals surface area contributed by atoms with Crippen LogP contribution in [0, 0.1) is 0 Å². The summed E-state index contributed by atoms with van der Waals surface area (Å²) < 4.78 is 2.07. The van der Waals surface area contributed by atoms with Gasteiger partial charge in [0.2, 0.25) is 5.91 Å². The van der Waals surface area contributed by atoms with Crippen molar-refractivity contribution < 1.29 is 4.79 Å². The fourth-order valence-corrected chi connectivity index (χ4v) is 5.10. The van der Waals surface area contributed by atoms with Crippen LogP contribution >= 0.6 is 0 Å². The summed E-state index contributed by atoms with van der Waals surface area (Å²) in [5.41, 5.74) is 3.43. The minimum Gasteiger partial charge on any atom is -0.340 e. The van der Waals surface area contributed by atoms with Crippen LogP contribution in [0.4, 0.5) is 0 Å². The number of rotatable bonds is 4. The van der Waals surface area contributed by atoms with Gasteiger partial charge in [-0.15, -0.1) is 0 Å². The molecule has 0 bridgehead atoms. The maximum Gasteiger partial charge on any atom is 0.274 e. The molecule has 1 aromatic carbocycles. The molecule has 31 heavy (non-hydrogen) atoms. The fourth-order valence-electron chi connectivity index (χ4n) is 5.10. The van der Waals surface area contributed by atoms with Gasteiger partial charge < -0.3 is 14.8 Å². The monoisotopic (exact) mass is 421 g/mol. The lowest BCUT2D eigenvalue weighted by Gasteiger charge is -2.32. The van der Waals surface area contributed by atoms with Gasteiger partial charge in [-0.2, -0.15) is 0 Å². The summed E-state index contributed by atoms with van der Waals surface area (Å²) in [6.07, 6.45) is 8.93. The molecule has 1 saturated heterocycles. The van der Waals surface area contributed by atoms with E-state index in [1.54, 1.807) is 6.20 Å². The first-order valence-electron chi connectivity index (χ1n) is 11.6. The fraction of sp³-hybridized carbons (Fsp3) is 0.542. The summed E-state index contributed by atoms with van der Waals surface area (Å²) in [6.45, 7) is 3.51. The molecule has 1 saturated carbocycles. The quantitative estimate of drug-likeness (QED) is 0.703. The number of fused-ring (bicyclic) bond motifs is 3. The van der Waals surface area contributed by atoms with Crippen LogP contribution in [-0.4, -0.2) is 63.3 Å². The second-order valence-electron chi connectivity index (χ2n) is 9.16. The highest BCUT2D eigenvalue weighted by atomic mass is 16.2. The van der Waals surface area contributed by atoms with Crippen LogP contribution in [0.5, 0.6) is 0 Å². The molecule has 7 heteroatoms. The summed E-state index contributed by atoms with van der Waals surface area (Å²) in [5, 5.41) is 0. The molecule has 0 radical (unpaired) electrons. The first kappa shape index (κ1) is 20.2. The zero-order valence-corrected chi connectivity index (χ0v) is 18.3. The molecular weight excluding hydrogens is 390 g/mol. The molecule has 2 aliphatic rings. The first-order chi connectivity index (χ1) is 15.1. The molecule has 3 aromatic rings. The lowest BCUT2D eigenvalue weighted by Crippen LogP contribution is -2.47. The van der Waals surface area contributed by atoms with E-state index in [2.05, 4.69) is 32.4 Å². The van der Waals surface area contributed by atoms with Crippen molar-refractivity contribution in [1.29, 1.82) is 0 Å². The number of aryl methyl sites for hydroxylation is 1.